The maximum atomic E-state index is 13.3. The van der Waals surface area contributed by atoms with Crippen LogP contribution in [-0.2, 0) is 30.4 Å². The molecule has 0 spiro atoms. The quantitative estimate of drug-likeness (QED) is 0.121. The van der Waals surface area contributed by atoms with Crippen molar-refractivity contribution in [2.45, 2.75) is 71.1 Å². The minimum atomic E-state index is -1.24. The predicted octanol–water partition coefficient (Wildman–Crippen LogP) is -1.04. The Morgan fingerprint density at radius 2 is 1.38 bits per heavy atom. The number of hydrogen-bond donors (Lipinski definition) is 8. The van der Waals surface area contributed by atoms with Gasteiger partial charge in [-0.05, 0) is 24.7 Å². The Kier molecular flexibility index (Phi) is 13.7. The summed E-state index contributed by atoms with van der Waals surface area (Å²) >= 11 is 3.95. The summed E-state index contributed by atoms with van der Waals surface area (Å²) in [4.78, 5) is 69.2. The highest BCUT2D eigenvalue weighted by molar-refractivity contribution is 7.80. The summed E-state index contributed by atoms with van der Waals surface area (Å²) in [6.45, 7) is 7.12. The molecule has 0 bridgehead atoms. The van der Waals surface area contributed by atoms with E-state index in [1.54, 1.807) is 0 Å². The average molecular weight is 542 g/mol. The number of nitrogens with one attached hydrogen (secondary N) is 5. The van der Waals surface area contributed by atoms with Crippen molar-refractivity contribution in [1.82, 2.24) is 31.2 Å². The Bertz CT molecular complexity index is 909. The lowest BCUT2D eigenvalue weighted by Crippen LogP contribution is -2.58. The zero-order valence-electron chi connectivity index (χ0n) is 21.6. The number of imidazole rings is 1. The van der Waals surface area contributed by atoms with E-state index >= 15 is 0 Å². The lowest BCUT2D eigenvalue weighted by Gasteiger charge is -2.27. The molecule has 0 aliphatic rings. The minimum Gasteiger partial charge on any atom is -0.480 e. The van der Waals surface area contributed by atoms with Crippen LogP contribution in [0.1, 0.15) is 46.2 Å². The number of nitrogens with two attached hydrogens (primary N) is 1. The molecule has 4 atom stereocenters. The Labute approximate surface area is 221 Å². The fraction of sp³-hybridized carbons (Fsp3) is 0.652. The molecule has 0 aliphatic heterocycles. The Morgan fingerprint density at radius 3 is 1.76 bits per heavy atom. The van der Waals surface area contributed by atoms with Gasteiger partial charge in [0.25, 0.3) is 0 Å². The fourth-order valence-corrected chi connectivity index (χ4v) is 3.73. The number of carboxylic acid groups (broad SMARTS) is 1. The lowest BCUT2D eigenvalue weighted by molar-refractivity contribution is -0.141. The van der Waals surface area contributed by atoms with Crippen LogP contribution < -0.4 is 27.0 Å². The third-order valence-corrected chi connectivity index (χ3v) is 5.66. The summed E-state index contributed by atoms with van der Waals surface area (Å²) in [6, 6.07) is -4.30. The second kappa shape index (κ2) is 15.9. The van der Waals surface area contributed by atoms with Gasteiger partial charge in [0.15, 0.2) is 0 Å². The number of aromatic amines is 1. The topological polar surface area (TPSA) is 208 Å². The number of carbonyl (C=O) groups is 5. The van der Waals surface area contributed by atoms with E-state index in [2.05, 4.69) is 43.9 Å². The average Bonchev–Trinajstić information content (AvgIpc) is 3.33. The largest absolute Gasteiger partial charge is 0.480 e. The van der Waals surface area contributed by atoms with Gasteiger partial charge in [0.2, 0.25) is 23.6 Å². The zero-order chi connectivity index (χ0) is 28.1. The second-order valence-electron chi connectivity index (χ2n) is 9.57. The number of H-pyrrole nitrogens is 1. The Morgan fingerprint density at radius 1 is 0.892 bits per heavy atom. The molecule has 208 valence electrons. The Hall–Kier alpha value is -3.13. The highest BCUT2D eigenvalue weighted by atomic mass is 32.1. The number of nitrogens with zero attached hydrogens (tertiary/aromatic N) is 1. The van der Waals surface area contributed by atoms with Crippen molar-refractivity contribution in [2.75, 3.05) is 12.3 Å². The highest BCUT2D eigenvalue weighted by Crippen LogP contribution is 2.10. The zero-order valence-corrected chi connectivity index (χ0v) is 22.5. The summed E-state index contributed by atoms with van der Waals surface area (Å²) in [5.74, 6) is -3.79. The van der Waals surface area contributed by atoms with Crippen molar-refractivity contribution in [1.29, 1.82) is 0 Å². The van der Waals surface area contributed by atoms with Gasteiger partial charge in [0.1, 0.15) is 24.2 Å². The van der Waals surface area contributed by atoms with E-state index in [4.69, 9.17) is 5.73 Å². The molecule has 1 aromatic heterocycles. The summed E-state index contributed by atoms with van der Waals surface area (Å²) in [7, 11) is 0. The molecule has 0 radical (unpaired) electrons. The lowest BCUT2D eigenvalue weighted by atomic mass is 9.99. The van der Waals surface area contributed by atoms with Gasteiger partial charge in [0.05, 0.1) is 12.9 Å². The molecule has 1 heterocycles. The van der Waals surface area contributed by atoms with Gasteiger partial charge in [-0.2, -0.15) is 12.6 Å². The van der Waals surface area contributed by atoms with Gasteiger partial charge in [0, 0.05) is 24.1 Å². The number of carboxylic acids is 1. The second-order valence-corrected chi connectivity index (χ2v) is 9.93. The summed E-state index contributed by atoms with van der Waals surface area (Å²) in [5.41, 5.74) is 5.98. The van der Waals surface area contributed by atoms with Crippen LogP contribution in [0.25, 0.3) is 0 Å². The molecule has 8 N–H and O–H groups in total. The van der Waals surface area contributed by atoms with Crippen LogP contribution in [0, 0.1) is 11.8 Å². The van der Waals surface area contributed by atoms with E-state index in [0.717, 1.165) is 0 Å². The van der Waals surface area contributed by atoms with Crippen LogP contribution in [0.4, 0.5) is 0 Å². The summed E-state index contributed by atoms with van der Waals surface area (Å²) in [5, 5.41) is 19.5. The maximum absolute atomic E-state index is 13.3. The molecule has 1 rings (SSSR count). The minimum absolute atomic E-state index is 0.00118. The third kappa shape index (κ3) is 11.6. The van der Waals surface area contributed by atoms with Crippen molar-refractivity contribution >= 4 is 42.2 Å². The van der Waals surface area contributed by atoms with Crippen molar-refractivity contribution in [3.05, 3.63) is 18.2 Å². The number of hydrogen-bond acceptors (Lipinski definition) is 8. The van der Waals surface area contributed by atoms with E-state index in [1.807, 2.05) is 27.7 Å². The fourth-order valence-electron chi connectivity index (χ4n) is 3.49. The van der Waals surface area contributed by atoms with Gasteiger partial charge < -0.3 is 37.1 Å². The van der Waals surface area contributed by atoms with Crippen molar-refractivity contribution < 1.29 is 29.1 Å². The first-order valence-electron chi connectivity index (χ1n) is 12.1. The van der Waals surface area contributed by atoms with E-state index in [-0.39, 0.29) is 43.4 Å². The smallest absolute Gasteiger partial charge is 0.327 e. The summed E-state index contributed by atoms with van der Waals surface area (Å²) < 4.78 is 0. The van der Waals surface area contributed by atoms with Gasteiger partial charge in [-0.3, -0.25) is 19.2 Å². The molecule has 0 unspecified atom stereocenters. The molecule has 0 aliphatic carbocycles. The Balaban J connectivity index is 3.08. The molecule has 13 nitrogen and oxygen atoms in total. The molecule has 4 amide bonds. The van der Waals surface area contributed by atoms with Crippen LogP contribution >= 0.6 is 12.6 Å². The number of aromatic nitrogens is 2. The van der Waals surface area contributed by atoms with Crippen molar-refractivity contribution in [3.8, 4) is 0 Å². The first-order chi connectivity index (χ1) is 17.4. The van der Waals surface area contributed by atoms with Gasteiger partial charge >= 0.3 is 5.97 Å². The van der Waals surface area contributed by atoms with Gasteiger partial charge in [-0.25, -0.2) is 9.78 Å². The molecule has 0 aromatic carbocycles. The number of rotatable bonds is 16. The first kappa shape index (κ1) is 31.9. The molecular weight excluding hydrogens is 502 g/mol. The predicted molar refractivity (Wildman–Crippen MR) is 139 cm³/mol. The molecule has 0 saturated heterocycles. The molecule has 0 fully saturated rings. The highest BCUT2D eigenvalue weighted by Gasteiger charge is 2.32. The number of thiol groups is 1. The molecule has 14 heteroatoms. The van der Waals surface area contributed by atoms with Crippen LogP contribution in [-0.4, -0.2) is 81.1 Å². The van der Waals surface area contributed by atoms with Crippen LogP contribution in [0.3, 0.4) is 0 Å². The van der Waals surface area contributed by atoms with E-state index < -0.39 is 53.8 Å². The monoisotopic (exact) mass is 541 g/mol. The van der Waals surface area contributed by atoms with Crippen molar-refractivity contribution in [3.63, 3.8) is 0 Å². The van der Waals surface area contributed by atoms with Crippen LogP contribution in [0.2, 0.25) is 0 Å². The SMILES string of the molecule is CC(C)C[C@H](NC(=O)[C@H](CC(C)C)NC(=O)[C@H](Cc1cnc[nH]1)NC(=O)CN)C(=O)N[C@@H](CS)C(=O)O. The normalized spacial score (nSPS) is 14.4. The van der Waals surface area contributed by atoms with E-state index in [1.165, 1.54) is 12.5 Å². The molecule has 37 heavy (non-hydrogen) atoms. The number of aliphatic carboxylic acids is 1. The van der Waals surface area contributed by atoms with Gasteiger partial charge in [-0.15, -0.1) is 0 Å². The van der Waals surface area contributed by atoms with Crippen LogP contribution in [0.15, 0.2) is 12.5 Å². The van der Waals surface area contributed by atoms with Crippen LogP contribution in [0.5, 0.6) is 0 Å². The number of carbonyl (C=O) groups excluding carboxylic acids is 4. The molecular formula is C23H39N7O6S. The molecule has 1 aromatic rings. The van der Waals surface area contributed by atoms with E-state index in [0.29, 0.717) is 5.69 Å². The maximum Gasteiger partial charge on any atom is 0.327 e. The van der Waals surface area contributed by atoms with Gasteiger partial charge in [-0.1, -0.05) is 27.7 Å². The number of amides is 4. The first-order valence-corrected chi connectivity index (χ1v) is 12.7. The van der Waals surface area contributed by atoms with Crippen molar-refractivity contribution in [2.24, 2.45) is 17.6 Å². The standard InChI is InChI=1S/C23H39N7O6S/c1-12(2)5-15(29-22(34)17(27-19(31)8-24)7-14-9-25-11-26-14)20(32)28-16(6-13(3)4)21(33)30-18(10-37)23(35)36/h9,11-13,15-18,37H,5-8,10,24H2,1-4H3,(H,25,26)(H,27,31)(H,28,32)(H,29,34)(H,30,33)(H,35,36)/t15-,16-,17-,18-/m0/s1. The molecule has 0 saturated carbocycles. The third-order valence-electron chi connectivity index (χ3n) is 5.29. The summed E-state index contributed by atoms with van der Waals surface area (Å²) in [6.07, 6.45) is 3.54. The van der Waals surface area contributed by atoms with E-state index in [9.17, 15) is 29.1 Å².